The molecule has 1 rings (SSSR count). The molecule has 1 fully saturated rings. The van der Waals surface area contributed by atoms with Crippen LogP contribution in [0.1, 0.15) is 58.3 Å². The van der Waals surface area contributed by atoms with Gasteiger partial charge in [0.15, 0.2) is 0 Å². The zero-order valence-electron chi connectivity index (χ0n) is 11.2. The average Bonchev–Trinajstić information content (AvgIpc) is 2.38. The Morgan fingerprint density at radius 3 is 2.71 bits per heavy atom. The van der Waals surface area contributed by atoms with Crippen molar-refractivity contribution in [2.45, 2.75) is 58.3 Å². The zero-order chi connectivity index (χ0) is 12.3. The summed E-state index contributed by atoms with van der Waals surface area (Å²) in [6.45, 7) is 4.68. The summed E-state index contributed by atoms with van der Waals surface area (Å²) < 4.78 is 5.31. The number of esters is 1. The van der Waals surface area contributed by atoms with Crippen molar-refractivity contribution in [3.63, 3.8) is 0 Å². The minimum absolute atomic E-state index is 0.00533. The van der Waals surface area contributed by atoms with Gasteiger partial charge in [-0.05, 0) is 25.8 Å². The Morgan fingerprint density at radius 2 is 2.00 bits per heavy atom. The smallest absolute Gasteiger partial charge is 0.310 e. The average molecular weight is 241 g/mol. The number of nitrogens with one attached hydrogen (secondary N) is 1. The van der Waals surface area contributed by atoms with Gasteiger partial charge in [0.25, 0.3) is 0 Å². The first-order chi connectivity index (χ1) is 8.34. The number of hydrogen-bond acceptors (Lipinski definition) is 3. The van der Waals surface area contributed by atoms with E-state index in [0.717, 1.165) is 32.4 Å². The summed E-state index contributed by atoms with van der Waals surface area (Å²) in [4.78, 5) is 11.7. The second-order valence-electron chi connectivity index (χ2n) is 4.98. The molecule has 0 radical (unpaired) electrons. The normalized spacial score (nSPS) is 20.2. The van der Waals surface area contributed by atoms with Crippen molar-refractivity contribution in [2.24, 2.45) is 5.92 Å². The van der Waals surface area contributed by atoms with Gasteiger partial charge in [-0.2, -0.15) is 0 Å². The molecule has 0 aliphatic carbocycles. The second kappa shape index (κ2) is 9.46. The Hall–Kier alpha value is -0.570. The van der Waals surface area contributed by atoms with Crippen LogP contribution >= 0.6 is 0 Å². The van der Waals surface area contributed by atoms with Crippen LogP contribution in [0.4, 0.5) is 0 Å². The van der Waals surface area contributed by atoms with Crippen molar-refractivity contribution in [1.29, 1.82) is 0 Å². The van der Waals surface area contributed by atoms with Crippen molar-refractivity contribution in [1.82, 2.24) is 5.32 Å². The minimum Gasteiger partial charge on any atom is -0.465 e. The first-order valence-corrected chi connectivity index (χ1v) is 7.22. The third-order valence-electron chi connectivity index (χ3n) is 3.37. The third-order valence-corrected chi connectivity index (χ3v) is 3.37. The standard InChI is InChI=1S/C14H27NO2/c1-2-3-4-5-6-7-11-17-14(16)13-9-8-10-15-12-13/h13,15H,2-12H2,1H3. The molecule has 0 spiro atoms. The maximum Gasteiger partial charge on any atom is 0.310 e. The maximum atomic E-state index is 11.7. The highest BCUT2D eigenvalue weighted by atomic mass is 16.5. The fourth-order valence-corrected chi connectivity index (χ4v) is 2.23. The summed E-state index contributed by atoms with van der Waals surface area (Å²) >= 11 is 0. The summed E-state index contributed by atoms with van der Waals surface area (Å²) in [5.41, 5.74) is 0. The van der Waals surface area contributed by atoms with E-state index in [4.69, 9.17) is 4.74 Å². The van der Waals surface area contributed by atoms with Crippen LogP contribution in [0.5, 0.6) is 0 Å². The van der Waals surface area contributed by atoms with Crippen LogP contribution in [-0.2, 0) is 9.53 Å². The number of hydrogen-bond donors (Lipinski definition) is 1. The molecule has 0 saturated carbocycles. The van der Waals surface area contributed by atoms with Crippen LogP contribution in [-0.4, -0.2) is 25.7 Å². The lowest BCUT2D eigenvalue weighted by atomic mass is 10.0. The van der Waals surface area contributed by atoms with E-state index < -0.39 is 0 Å². The maximum absolute atomic E-state index is 11.7. The number of rotatable bonds is 8. The van der Waals surface area contributed by atoms with Gasteiger partial charge in [-0.1, -0.05) is 39.0 Å². The molecule has 3 heteroatoms. The molecule has 1 atom stereocenters. The Morgan fingerprint density at radius 1 is 1.24 bits per heavy atom. The summed E-state index contributed by atoms with van der Waals surface area (Å²) in [6, 6.07) is 0. The molecule has 1 aliphatic rings. The highest BCUT2D eigenvalue weighted by molar-refractivity contribution is 5.72. The van der Waals surface area contributed by atoms with Gasteiger partial charge in [0.2, 0.25) is 0 Å². The molecule has 0 aromatic heterocycles. The number of piperidine rings is 1. The monoisotopic (exact) mass is 241 g/mol. The summed E-state index contributed by atoms with van der Waals surface area (Å²) in [5.74, 6) is 0.106. The van der Waals surface area contributed by atoms with E-state index in [1.54, 1.807) is 0 Å². The molecule has 0 aromatic rings. The van der Waals surface area contributed by atoms with E-state index in [9.17, 15) is 4.79 Å². The summed E-state index contributed by atoms with van der Waals surface area (Å²) in [5, 5.41) is 3.24. The molecule has 100 valence electrons. The van der Waals surface area contributed by atoms with Gasteiger partial charge >= 0.3 is 5.97 Å². The molecule has 17 heavy (non-hydrogen) atoms. The van der Waals surface area contributed by atoms with E-state index in [1.807, 2.05) is 0 Å². The molecule has 1 saturated heterocycles. The molecule has 3 nitrogen and oxygen atoms in total. The van der Waals surface area contributed by atoms with E-state index in [1.165, 1.54) is 32.1 Å². The van der Waals surface area contributed by atoms with Crippen LogP contribution in [0.3, 0.4) is 0 Å². The number of unbranched alkanes of at least 4 members (excludes halogenated alkanes) is 5. The zero-order valence-corrected chi connectivity index (χ0v) is 11.2. The highest BCUT2D eigenvalue weighted by Gasteiger charge is 2.21. The Labute approximate surface area is 105 Å². The molecular weight excluding hydrogens is 214 g/mol. The Balaban J connectivity index is 1.92. The Bertz CT molecular complexity index is 200. The molecule has 0 amide bonds. The lowest BCUT2D eigenvalue weighted by molar-refractivity contribution is -0.149. The molecule has 1 N–H and O–H groups in total. The largest absolute Gasteiger partial charge is 0.465 e. The van der Waals surface area contributed by atoms with Crippen molar-refractivity contribution >= 4 is 5.97 Å². The molecule has 1 aliphatic heterocycles. The van der Waals surface area contributed by atoms with Gasteiger partial charge in [0.05, 0.1) is 12.5 Å². The van der Waals surface area contributed by atoms with Crippen LogP contribution in [0.15, 0.2) is 0 Å². The molecule has 0 bridgehead atoms. The topological polar surface area (TPSA) is 38.3 Å². The fraction of sp³-hybridized carbons (Fsp3) is 0.929. The first kappa shape index (κ1) is 14.5. The Kier molecular flexibility index (Phi) is 8.06. The van der Waals surface area contributed by atoms with Gasteiger partial charge in [0, 0.05) is 6.54 Å². The summed E-state index contributed by atoms with van der Waals surface area (Å²) in [7, 11) is 0. The fourth-order valence-electron chi connectivity index (χ4n) is 2.23. The van der Waals surface area contributed by atoms with Gasteiger partial charge in [-0.15, -0.1) is 0 Å². The predicted molar refractivity (Wildman–Crippen MR) is 69.9 cm³/mol. The lowest BCUT2D eigenvalue weighted by Gasteiger charge is -2.21. The van der Waals surface area contributed by atoms with Crippen LogP contribution in [0.25, 0.3) is 0 Å². The predicted octanol–water partition coefficient (Wildman–Crippen LogP) is 2.89. The molecule has 1 heterocycles. The van der Waals surface area contributed by atoms with Crippen LogP contribution in [0.2, 0.25) is 0 Å². The molecule has 0 aromatic carbocycles. The molecular formula is C14H27NO2. The van der Waals surface area contributed by atoms with Crippen molar-refractivity contribution in [3.8, 4) is 0 Å². The minimum atomic E-state index is 0.00533. The van der Waals surface area contributed by atoms with Gasteiger partial charge in [-0.25, -0.2) is 0 Å². The van der Waals surface area contributed by atoms with Crippen molar-refractivity contribution in [3.05, 3.63) is 0 Å². The van der Waals surface area contributed by atoms with Crippen LogP contribution < -0.4 is 5.32 Å². The SMILES string of the molecule is CCCCCCCCOC(=O)C1CCCNC1. The molecule has 1 unspecified atom stereocenters. The van der Waals surface area contributed by atoms with E-state index >= 15 is 0 Å². The third kappa shape index (κ3) is 6.67. The van der Waals surface area contributed by atoms with Gasteiger partial charge < -0.3 is 10.1 Å². The van der Waals surface area contributed by atoms with E-state index in [2.05, 4.69) is 12.2 Å². The van der Waals surface area contributed by atoms with Crippen molar-refractivity contribution in [2.75, 3.05) is 19.7 Å². The van der Waals surface area contributed by atoms with Gasteiger partial charge in [-0.3, -0.25) is 4.79 Å². The first-order valence-electron chi connectivity index (χ1n) is 7.22. The second-order valence-corrected chi connectivity index (χ2v) is 4.98. The van der Waals surface area contributed by atoms with E-state index in [-0.39, 0.29) is 11.9 Å². The van der Waals surface area contributed by atoms with Gasteiger partial charge in [0.1, 0.15) is 0 Å². The van der Waals surface area contributed by atoms with Crippen molar-refractivity contribution < 1.29 is 9.53 Å². The summed E-state index contributed by atoms with van der Waals surface area (Å²) in [6.07, 6.45) is 9.50. The lowest BCUT2D eigenvalue weighted by Crippen LogP contribution is -2.35. The van der Waals surface area contributed by atoms with E-state index in [0.29, 0.717) is 6.61 Å². The highest BCUT2D eigenvalue weighted by Crippen LogP contribution is 2.12. The van der Waals surface area contributed by atoms with Crippen LogP contribution in [0, 0.1) is 5.92 Å². The number of carbonyl (C=O) groups excluding carboxylic acids is 1. The number of carbonyl (C=O) groups is 1. The quantitative estimate of drug-likeness (QED) is 0.524. The number of ether oxygens (including phenoxy) is 1.